The fourth-order valence-corrected chi connectivity index (χ4v) is 3.09. The van der Waals surface area contributed by atoms with E-state index in [1.165, 1.54) is 11.8 Å². The third kappa shape index (κ3) is 3.62. The van der Waals surface area contributed by atoms with Crippen molar-refractivity contribution in [3.8, 4) is 12.1 Å². The van der Waals surface area contributed by atoms with Gasteiger partial charge in [0.15, 0.2) is 0 Å². The van der Waals surface area contributed by atoms with E-state index in [0.717, 1.165) is 16.3 Å². The zero-order chi connectivity index (χ0) is 16.9. The Morgan fingerprint density at radius 3 is 2.54 bits per heavy atom. The summed E-state index contributed by atoms with van der Waals surface area (Å²) in [5, 5.41) is 21.3. The number of benzene rings is 2. The third-order valence-electron chi connectivity index (χ3n) is 3.46. The summed E-state index contributed by atoms with van der Waals surface area (Å²) in [6.45, 7) is 0. The van der Waals surface area contributed by atoms with Crippen molar-refractivity contribution in [3.63, 3.8) is 0 Å². The molecule has 0 saturated heterocycles. The zero-order valence-electron chi connectivity index (χ0n) is 12.6. The molecule has 0 bridgehead atoms. The van der Waals surface area contributed by atoms with E-state index in [2.05, 4.69) is 16.4 Å². The number of amides is 1. The largest absolute Gasteiger partial charge is 0.325 e. The maximum absolute atomic E-state index is 12.0. The van der Waals surface area contributed by atoms with Crippen LogP contribution in [0.5, 0.6) is 0 Å². The number of fused-ring (bicyclic) bond motifs is 1. The van der Waals surface area contributed by atoms with Crippen LogP contribution >= 0.6 is 11.8 Å². The molecule has 0 spiro atoms. The van der Waals surface area contributed by atoms with Crippen LogP contribution in [0, 0.1) is 22.7 Å². The molecule has 6 heteroatoms. The van der Waals surface area contributed by atoms with Gasteiger partial charge < -0.3 is 5.32 Å². The molecular formula is C18H12N4OS. The van der Waals surface area contributed by atoms with Crippen LogP contribution in [-0.4, -0.2) is 16.7 Å². The summed E-state index contributed by atoms with van der Waals surface area (Å²) in [5.74, 6) is 0.138. The number of rotatable bonds is 3. The molecule has 0 aliphatic carbocycles. The monoisotopic (exact) mass is 332 g/mol. The Balaban J connectivity index is 1.54. The van der Waals surface area contributed by atoms with Crippen molar-refractivity contribution in [2.24, 2.45) is 4.99 Å². The molecule has 0 atom stereocenters. The fraction of sp³-hybridized carbons (Fsp3) is 0.111. The highest BCUT2D eigenvalue weighted by molar-refractivity contribution is 8.14. The van der Waals surface area contributed by atoms with Crippen LogP contribution < -0.4 is 5.32 Å². The van der Waals surface area contributed by atoms with Gasteiger partial charge in [-0.05, 0) is 48.0 Å². The van der Waals surface area contributed by atoms with Gasteiger partial charge in [0.2, 0.25) is 5.91 Å². The lowest BCUT2D eigenvalue weighted by molar-refractivity contribution is -0.113. The van der Waals surface area contributed by atoms with Gasteiger partial charge >= 0.3 is 0 Å². The van der Waals surface area contributed by atoms with E-state index in [1.807, 2.05) is 18.2 Å². The second kappa shape index (κ2) is 6.99. The first kappa shape index (κ1) is 15.8. The standard InChI is InChI=1S/C18H12N4OS/c19-9-12-1-4-15(5-2-12)21-17(23)11-24-18-8-14-7-13(10-20)3-6-16(14)22-18/h1-7H,8,11H2,(H,21,23). The quantitative estimate of drug-likeness (QED) is 0.933. The number of aliphatic imine (C=N–C) groups is 1. The number of carbonyl (C=O) groups is 1. The van der Waals surface area contributed by atoms with Gasteiger partial charge in [-0.3, -0.25) is 4.79 Å². The van der Waals surface area contributed by atoms with Crippen LogP contribution in [0.15, 0.2) is 47.5 Å². The zero-order valence-corrected chi connectivity index (χ0v) is 13.4. The maximum atomic E-state index is 12.0. The average molecular weight is 332 g/mol. The highest BCUT2D eigenvalue weighted by Gasteiger charge is 2.16. The molecule has 116 valence electrons. The molecule has 3 rings (SSSR count). The van der Waals surface area contributed by atoms with Crippen molar-refractivity contribution in [2.45, 2.75) is 6.42 Å². The Hall–Kier alpha value is -3.09. The van der Waals surface area contributed by atoms with Crippen LogP contribution in [0.1, 0.15) is 16.7 Å². The number of hydrogen-bond donors (Lipinski definition) is 1. The highest BCUT2D eigenvalue weighted by atomic mass is 32.2. The van der Waals surface area contributed by atoms with Crippen LogP contribution in [0.3, 0.4) is 0 Å². The smallest absolute Gasteiger partial charge is 0.234 e. The summed E-state index contributed by atoms with van der Waals surface area (Å²) in [6, 6.07) is 16.3. The van der Waals surface area contributed by atoms with E-state index in [-0.39, 0.29) is 11.7 Å². The molecule has 2 aromatic rings. The van der Waals surface area contributed by atoms with Gasteiger partial charge in [0.25, 0.3) is 0 Å². The predicted molar refractivity (Wildman–Crippen MR) is 94.2 cm³/mol. The molecule has 1 N–H and O–H groups in total. The van der Waals surface area contributed by atoms with Gasteiger partial charge in [0.1, 0.15) is 0 Å². The second-order valence-corrected chi connectivity index (χ2v) is 6.21. The molecular weight excluding hydrogens is 320 g/mol. The molecule has 0 unspecified atom stereocenters. The van der Waals surface area contributed by atoms with E-state index >= 15 is 0 Å². The highest BCUT2D eigenvalue weighted by Crippen LogP contribution is 2.30. The Kier molecular flexibility index (Phi) is 4.60. The van der Waals surface area contributed by atoms with Crippen molar-refractivity contribution >= 4 is 34.1 Å². The van der Waals surface area contributed by atoms with Gasteiger partial charge in [0.05, 0.1) is 39.7 Å². The summed E-state index contributed by atoms with van der Waals surface area (Å²) in [5.41, 5.74) is 3.72. The molecule has 1 aliphatic heterocycles. The van der Waals surface area contributed by atoms with E-state index < -0.39 is 0 Å². The van der Waals surface area contributed by atoms with Crippen molar-refractivity contribution in [1.82, 2.24) is 0 Å². The molecule has 0 fully saturated rings. The van der Waals surface area contributed by atoms with Crippen LogP contribution in [-0.2, 0) is 11.2 Å². The van der Waals surface area contributed by atoms with Gasteiger partial charge in [-0.2, -0.15) is 10.5 Å². The first-order valence-corrected chi connectivity index (χ1v) is 8.20. The first-order valence-electron chi connectivity index (χ1n) is 7.21. The Morgan fingerprint density at radius 2 is 1.83 bits per heavy atom. The van der Waals surface area contributed by atoms with Gasteiger partial charge in [-0.25, -0.2) is 4.99 Å². The Labute approximate surface area is 143 Å². The Bertz CT molecular complexity index is 904. The maximum Gasteiger partial charge on any atom is 0.234 e. The molecule has 1 amide bonds. The predicted octanol–water partition coefficient (Wildman–Crippen LogP) is 3.39. The Morgan fingerprint density at radius 1 is 1.12 bits per heavy atom. The lowest BCUT2D eigenvalue weighted by Crippen LogP contribution is -2.15. The number of thioether (sulfide) groups is 1. The number of carbonyl (C=O) groups excluding carboxylic acids is 1. The van der Waals surface area contributed by atoms with Crippen molar-refractivity contribution in [2.75, 3.05) is 11.1 Å². The van der Waals surface area contributed by atoms with Gasteiger partial charge in [-0.15, -0.1) is 11.8 Å². The van der Waals surface area contributed by atoms with E-state index in [9.17, 15) is 4.79 Å². The molecule has 24 heavy (non-hydrogen) atoms. The van der Waals surface area contributed by atoms with Gasteiger partial charge in [0, 0.05) is 12.1 Å². The van der Waals surface area contributed by atoms with Crippen molar-refractivity contribution < 1.29 is 4.79 Å². The van der Waals surface area contributed by atoms with E-state index in [4.69, 9.17) is 10.5 Å². The molecule has 0 saturated carbocycles. The molecule has 2 aromatic carbocycles. The lowest BCUT2D eigenvalue weighted by Gasteiger charge is -2.05. The summed E-state index contributed by atoms with van der Waals surface area (Å²) in [7, 11) is 0. The minimum absolute atomic E-state index is 0.124. The van der Waals surface area contributed by atoms with Crippen LogP contribution in [0.4, 0.5) is 11.4 Å². The molecule has 1 aliphatic rings. The summed E-state index contributed by atoms with van der Waals surface area (Å²) in [6.07, 6.45) is 0.652. The minimum atomic E-state index is -0.124. The second-order valence-electron chi connectivity index (χ2n) is 5.16. The van der Waals surface area contributed by atoms with Crippen molar-refractivity contribution in [3.05, 3.63) is 59.2 Å². The SMILES string of the molecule is N#Cc1ccc(NC(=O)CSC2=Nc3ccc(C#N)cc3C2)cc1. The normalized spacial score (nSPS) is 11.8. The third-order valence-corrected chi connectivity index (χ3v) is 4.44. The molecule has 1 heterocycles. The molecule has 0 radical (unpaired) electrons. The van der Waals surface area contributed by atoms with Crippen LogP contribution in [0.2, 0.25) is 0 Å². The minimum Gasteiger partial charge on any atom is -0.325 e. The molecule has 5 nitrogen and oxygen atoms in total. The van der Waals surface area contributed by atoms with E-state index in [0.29, 0.717) is 23.2 Å². The topological polar surface area (TPSA) is 89.0 Å². The number of nitriles is 2. The van der Waals surface area contributed by atoms with Crippen molar-refractivity contribution in [1.29, 1.82) is 10.5 Å². The van der Waals surface area contributed by atoms with Crippen LogP contribution in [0.25, 0.3) is 0 Å². The molecule has 0 aromatic heterocycles. The number of anilines is 1. The number of nitrogens with one attached hydrogen (secondary N) is 1. The van der Waals surface area contributed by atoms with E-state index in [1.54, 1.807) is 30.3 Å². The summed E-state index contributed by atoms with van der Waals surface area (Å²) >= 11 is 1.39. The first-order chi connectivity index (χ1) is 11.7. The summed E-state index contributed by atoms with van der Waals surface area (Å²) in [4.78, 5) is 16.5. The lowest BCUT2D eigenvalue weighted by atomic mass is 10.1. The number of nitrogens with zero attached hydrogens (tertiary/aromatic N) is 3. The number of hydrogen-bond acceptors (Lipinski definition) is 5. The van der Waals surface area contributed by atoms with Gasteiger partial charge in [-0.1, -0.05) is 0 Å². The fourth-order valence-electron chi connectivity index (χ4n) is 2.30. The summed E-state index contributed by atoms with van der Waals surface area (Å²) < 4.78 is 0. The average Bonchev–Trinajstić information content (AvgIpc) is 3.02.